The van der Waals surface area contributed by atoms with Crippen molar-refractivity contribution in [2.45, 2.75) is 78.7 Å². The molecule has 0 bridgehead atoms. The number of carbonyl (C=O) groups is 1. The predicted octanol–water partition coefficient (Wildman–Crippen LogP) is 5.40. The van der Waals surface area contributed by atoms with Crippen LogP contribution in [0.25, 0.3) is 16.6 Å². The first-order valence-electron chi connectivity index (χ1n) is 14.3. The fraction of sp³-hybridized carbons (Fsp3) is 0.621. The first-order chi connectivity index (χ1) is 19.0. The van der Waals surface area contributed by atoms with Gasteiger partial charge < -0.3 is 31.2 Å². The van der Waals surface area contributed by atoms with Crippen molar-refractivity contribution in [3.8, 4) is 6.07 Å². The number of carbonyl (C=O) groups excluding carboxylic acids is 1. The van der Waals surface area contributed by atoms with Crippen molar-refractivity contribution >= 4 is 28.9 Å². The second-order valence-corrected chi connectivity index (χ2v) is 9.31. The summed E-state index contributed by atoms with van der Waals surface area (Å²) in [6, 6.07) is 4.53. The number of amides is 2. The van der Waals surface area contributed by atoms with Gasteiger partial charge in [0, 0.05) is 76.7 Å². The molecule has 3 fully saturated rings. The van der Waals surface area contributed by atoms with Crippen LogP contribution in [0, 0.1) is 22.7 Å². The maximum absolute atomic E-state index is 11.8. The summed E-state index contributed by atoms with van der Waals surface area (Å²) >= 11 is 0. The Morgan fingerprint density at radius 3 is 2.33 bits per heavy atom. The number of hydrogen-bond acceptors (Lipinski definition) is 7. The van der Waals surface area contributed by atoms with Crippen LogP contribution in [-0.2, 0) is 0 Å². The van der Waals surface area contributed by atoms with E-state index in [1.165, 1.54) is 57.3 Å². The number of rotatable bonds is 4. The van der Waals surface area contributed by atoms with Gasteiger partial charge in [-0.3, -0.25) is 0 Å². The van der Waals surface area contributed by atoms with E-state index >= 15 is 0 Å². The Kier molecular flexibility index (Phi) is 16.9. The van der Waals surface area contributed by atoms with Crippen LogP contribution in [-0.4, -0.2) is 76.3 Å². The van der Waals surface area contributed by atoms with Crippen LogP contribution >= 0.6 is 0 Å². The van der Waals surface area contributed by atoms with Gasteiger partial charge >= 0.3 is 6.03 Å². The summed E-state index contributed by atoms with van der Waals surface area (Å²) in [5, 5.41) is 18.9. The van der Waals surface area contributed by atoms with E-state index in [0.29, 0.717) is 23.7 Å². The minimum absolute atomic E-state index is 0. The molecule has 2 saturated carbocycles. The number of nitrogens with zero attached hydrogens (tertiary/aromatic N) is 5. The van der Waals surface area contributed by atoms with Crippen molar-refractivity contribution in [2.75, 3.05) is 33.2 Å². The van der Waals surface area contributed by atoms with E-state index in [9.17, 15) is 4.79 Å². The van der Waals surface area contributed by atoms with Gasteiger partial charge in [0.2, 0.25) is 0 Å². The monoisotopic (exact) mass is 541 g/mol. The summed E-state index contributed by atoms with van der Waals surface area (Å²) in [5.74, 6) is 1.12. The van der Waals surface area contributed by atoms with Gasteiger partial charge in [0.15, 0.2) is 0 Å². The van der Waals surface area contributed by atoms with Gasteiger partial charge in [0.1, 0.15) is 12.0 Å². The van der Waals surface area contributed by atoms with Crippen LogP contribution in [0.4, 0.5) is 4.79 Å². The number of urea groups is 1. The van der Waals surface area contributed by atoms with Crippen molar-refractivity contribution < 1.29 is 6.22 Å². The highest BCUT2D eigenvalue weighted by Crippen LogP contribution is 2.28. The second-order valence-electron chi connectivity index (χ2n) is 9.31. The Bertz CT molecular complexity index is 1030. The topological polar surface area (TPSA) is 151 Å². The molecule has 5 rings (SSSR count). The van der Waals surface area contributed by atoms with Crippen molar-refractivity contribution in [1.82, 2.24) is 30.1 Å². The van der Waals surface area contributed by atoms with Gasteiger partial charge in [-0.05, 0) is 24.8 Å². The molecule has 2 amide bonds. The fourth-order valence-corrected chi connectivity index (χ4v) is 3.90. The van der Waals surface area contributed by atoms with E-state index in [4.69, 9.17) is 16.4 Å². The third-order valence-corrected chi connectivity index (χ3v) is 6.71. The van der Waals surface area contributed by atoms with Crippen LogP contribution in [0.1, 0.15) is 79.8 Å². The highest BCUT2D eigenvalue weighted by atomic mass is 16.2. The quantitative estimate of drug-likeness (QED) is 0.380. The van der Waals surface area contributed by atoms with Crippen LogP contribution in [0.5, 0.6) is 0 Å². The highest BCUT2D eigenvalue weighted by molar-refractivity contribution is 6.11. The van der Waals surface area contributed by atoms with Crippen LogP contribution in [0.2, 0.25) is 0 Å². The number of aromatic nitrogens is 3. The molecule has 39 heavy (non-hydrogen) atoms. The largest absolute Gasteiger partial charge is 0.404 e. The number of allylic oxidation sites excluding steroid dienone is 1. The Balaban J connectivity index is 0.000000539. The summed E-state index contributed by atoms with van der Waals surface area (Å²) in [6.45, 7) is 11.7. The standard InChI is InChI=1S/C9H9N5.C9H17N3O.C6H12.C3H5N.C2H6.H2/c10-3-6(4-11)8-7-1-2-12-9(7)14-5-13-8;1-11(8-2-3-8)9(13)12-6-4-10-5-7-12;1-2-6-4-3-5-6;1-2-3-4;1-2;/h1-5,10H,11H2,(H,12,13,14);8,10H,2-7H2,1H3;6H,2-5H2,1H3;2H2,1H3;1-2H3;1H/b6-4+,10-3?;;;;;. The smallest absolute Gasteiger partial charge is 0.320 e. The number of aromatic amines is 1. The van der Waals surface area contributed by atoms with Crippen molar-refractivity contribution in [2.24, 2.45) is 11.7 Å². The number of fused-ring (bicyclic) bond motifs is 1. The van der Waals surface area contributed by atoms with E-state index in [0.717, 1.165) is 43.1 Å². The molecule has 0 atom stereocenters. The minimum Gasteiger partial charge on any atom is -0.404 e. The molecule has 0 radical (unpaired) electrons. The van der Waals surface area contributed by atoms with E-state index in [1.807, 2.05) is 49.8 Å². The normalized spacial score (nSPS) is 16.2. The van der Waals surface area contributed by atoms with Gasteiger partial charge in [-0.2, -0.15) is 5.26 Å². The number of nitrogens with two attached hydrogens (primary N) is 1. The molecule has 0 aromatic carbocycles. The average molecular weight is 542 g/mol. The molecule has 10 heteroatoms. The third-order valence-electron chi connectivity index (χ3n) is 6.71. The van der Waals surface area contributed by atoms with Gasteiger partial charge in [-0.25, -0.2) is 14.8 Å². The molecule has 3 aliphatic rings. The lowest BCUT2D eigenvalue weighted by atomic mass is 9.84. The average Bonchev–Trinajstić information content (AvgIpc) is 3.71. The molecule has 2 aliphatic carbocycles. The summed E-state index contributed by atoms with van der Waals surface area (Å²) in [5.41, 5.74) is 7.39. The number of piperazine rings is 1. The lowest BCUT2D eigenvalue weighted by Gasteiger charge is -2.31. The molecule has 0 unspecified atom stereocenters. The maximum atomic E-state index is 11.8. The number of nitrogens with one attached hydrogen (secondary N) is 3. The van der Waals surface area contributed by atoms with Crippen LogP contribution in [0.3, 0.4) is 0 Å². The number of nitriles is 1. The molecule has 2 aromatic heterocycles. The van der Waals surface area contributed by atoms with Gasteiger partial charge in [-0.15, -0.1) is 0 Å². The zero-order valence-electron chi connectivity index (χ0n) is 24.5. The summed E-state index contributed by atoms with van der Waals surface area (Å²) < 4.78 is 0. The number of H-pyrrole nitrogens is 1. The summed E-state index contributed by atoms with van der Waals surface area (Å²) in [7, 11) is 1.92. The van der Waals surface area contributed by atoms with Gasteiger partial charge in [0.25, 0.3) is 0 Å². The molecule has 218 valence electrons. The van der Waals surface area contributed by atoms with Crippen molar-refractivity contribution in [1.29, 1.82) is 10.7 Å². The lowest BCUT2D eigenvalue weighted by Crippen LogP contribution is -2.51. The second kappa shape index (κ2) is 19.6. The Morgan fingerprint density at radius 2 is 1.90 bits per heavy atom. The first-order valence-corrected chi connectivity index (χ1v) is 14.3. The molecule has 1 saturated heterocycles. The predicted molar refractivity (Wildman–Crippen MR) is 162 cm³/mol. The molecule has 10 nitrogen and oxygen atoms in total. The zero-order valence-corrected chi connectivity index (χ0v) is 24.5. The summed E-state index contributed by atoms with van der Waals surface area (Å²) in [4.78, 5) is 26.7. The lowest BCUT2D eigenvalue weighted by molar-refractivity contribution is 0.154. The third kappa shape index (κ3) is 11.4. The molecule has 3 heterocycles. The Morgan fingerprint density at radius 1 is 1.26 bits per heavy atom. The maximum Gasteiger partial charge on any atom is 0.320 e. The van der Waals surface area contributed by atoms with Crippen molar-refractivity contribution in [3.05, 3.63) is 30.5 Å². The van der Waals surface area contributed by atoms with E-state index in [-0.39, 0.29) is 7.46 Å². The SMILES string of the molecule is CC.CCC#N.CCC1CCC1.CN(C(=O)N1CCNCC1)C1CC1.N=C/C(=C\N)c1ncnc2[nH]ccc12.[HH]. The molecule has 0 spiro atoms. The first kappa shape index (κ1) is 33.6. The zero-order chi connectivity index (χ0) is 29.0. The van der Waals surface area contributed by atoms with Crippen molar-refractivity contribution in [3.63, 3.8) is 0 Å². The van der Waals surface area contributed by atoms with E-state index in [1.54, 1.807) is 6.20 Å². The fourth-order valence-electron chi connectivity index (χ4n) is 3.90. The minimum atomic E-state index is 0. The van der Waals surface area contributed by atoms with E-state index < -0.39 is 0 Å². The molecular weight excluding hydrogens is 490 g/mol. The Hall–Kier alpha value is -3.45. The number of hydrogen-bond donors (Lipinski definition) is 4. The van der Waals surface area contributed by atoms with E-state index in [2.05, 4.69) is 27.2 Å². The van der Waals surface area contributed by atoms with Crippen LogP contribution < -0.4 is 11.1 Å². The van der Waals surface area contributed by atoms with Gasteiger partial charge in [0.05, 0.1) is 11.8 Å². The van der Waals surface area contributed by atoms with Gasteiger partial charge in [-0.1, -0.05) is 53.4 Å². The molecule has 5 N–H and O–H groups in total. The summed E-state index contributed by atoms with van der Waals surface area (Å²) in [6.07, 6.45) is 14.7. The molecular formula is C29H51N9O. The van der Waals surface area contributed by atoms with Crippen LogP contribution in [0.15, 0.2) is 24.8 Å². The highest BCUT2D eigenvalue weighted by Gasteiger charge is 2.32. The molecule has 1 aliphatic heterocycles. The molecule has 2 aromatic rings. The Labute approximate surface area is 236 Å².